The minimum atomic E-state index is -1.43. The first-order chi connectivity index (χ1) is 11.0. The molecule has 0 unspecified atom stereocenters. The zero-order valence-corrected chi connectivity index (χ0v) is 19.2. The van der Waals surface area contributed by atoms with Gasteiger partial charge in [-0.2, -0.15) is 0 Å². The first kappa shape index (κ1) is 21.4. The van der Waals surface area contributed by atoms with Crippen LogP contribution in [0.25, 0.3) is 0 Å². The molecule has 0 atom stereocenters. The molecule has 134 valence electrons. The maximum atomic E-state index is 11.1. The van der Waals surface area contributed by atoms with Gasteiger partial charge in [-0.15, -0.1) is 11.8 Å². The standard InChI is InChI=1S/C18H29BrN2OSSi/c1-13(22)20-11-15-9-8-14(10-16(15)19)17(23-5)21-12-24(6,7)18(2,3)4/h8-10H,11-12H2,1-7H3,(H,20,22). The molecule has 0 radical (unpaired) electrons. The number of hydrogen-bond donors (Lipinski definition) is 1. The van der Waals surface area contributed by atoms with Crippen LogP contribution in [0.4, 0.5) is 0 Å². The molecule has 1 amide bonds. The molecule has 0 aliphatic carbocycles. The van der Waals surface area contributed by atoms with Crippen molar-refractivity contribution in [2.24, 2.45) is 4.99 Å². The van der Waals surface area contributed by atoms with E-state index >= 15 is 0 Å². The molecule has 1 aromatic carbocycles. The molecule has 0 aromatic heterocycles. The highest BCUT2D eigenvalue weighted by molar-refractivity contribution is 9.10. The van der Waals surface area contributed by atoms with E-state index in [-0.39, 0.29) is 5.91 Å². The monoisotopic (exact) mass is 428 g/mol. The molecule has 0 fully saturated rings. The molecule has 0 saturated carbocycles. The van der Waals surface area contributed by atoms with E-state index in [9.17, 15) is 4.79 Å². The van der Waals surface area contributed by atoms with Crippen molar-refractivity contribution < 1.29 is 4.79 Å². The fourth-order valence-electron chi connectivity index (χ4n) is 1.82. The molecular weight excluding hydrogens is 400 g/mol. The minimum absolute atomic E-state index is 0.0216. The lowest BCUT2D eigenvalue weighted by Crippen LogP contribution is -2.41. The summed E-state index contributed by atoms with van der Waals surface area (Å²) in [6.07, 6.45) is 3.00. The van der Waals surface area contributed by atoms with Crippen molar-refractivity contribution in [2.45, 2.75) is 52.4 Å². The Morgan fingerprint density at radius 3 is 2.42 bits per heavy atom. The molecular formula is C18H29BrN2OSSi. The van der Waals surface area contributed by atoms with Crippen molar-refractivity contribution in [3.8, 4) is 0 Å². The van der Waals surface area contributed by atoms with Gasteiger partial charge < -0.3 is 5.32 Å². The van der Waals surface area contributed by atoms with Gasteiger partial charge in [-0.3, -0.25) is 9.79 Å². The molecule has 0 aliphatic heterocycles. The van der Waals surface area contributed by atoms with Gasteiger partial charge in [-0.1, -0.05) is 61.9 Å². The Kier molecular flexibility index (Phi) is 7.75. The SMILES string of the molecule is CSC(=NC[Si](C)(C)C(C)(C)C)c1ccc(CNC(C)=O)c(Br)c1. The van der Waals surface area contributed by atoms with Gasteiger partial charge in [0, 0.05) is 29.7 Å². The van der Waals surface area contributed by atoms with E-state index in [1.807, 2.05) is 6.07 Å². The normalized spacial score (nSPS) is 13.1. The van der Waals surface area contributed by atoms with Crippen molar-refractivity contribution in [3.63, 3.8) is 0 Å². The molecule has 0 bridgehead atoms. The number of rotatable bonds is 5. The first-order valence-corrected chi connectivity index (χ1v) is 13.3. The van der Waals surface area contributed by atoms with E-state index in [4.69, 9.17) is 4.99 Å². The highest BCUT2D eigenvalue weighted by Crippen LogP contribution is 2.36. The molecule has 0 heterocycles. The Morgan fingerprint density at radius 2 is 1.96 bits per heavy atom. The third kappa shape index (κ3) is 6.04. The third-order valence-corrected chi connectivity index (χ3v) is 11.2. The van der Waals surface area contributed by atoms with E-state index in [1.165, 1.54) is 6.92 Å². The van der Waals surface area contributed by atoms with Crippen molar-refractivity contribution in [2.75, 3.05) is 12.4 Å². The number of carbonyl (C=O) groups is 1. The van der Waals surface area contributed by atoms with Crippen LogP contribution in [0.15, 0.2) is 27.7 Å². The first-order valence-electron chi connectivity index (χ1n) is 8.09. The fourth-order valence-corrected chi connectivity index (χ4v) is 4.04. The number of hydrogen-bond acceptors (Lipinski definition) is 3. The van der Waals surface area contributed by atoms with E-state index in [0.29, 0.717) is 11.6 Å². The number of nitrogens with one attached hydrogen (secondary N) is 1. The summed E-state index contributed by atoms with van der Waals surface area (Å²) in [5, 5.41) is 4.24. The summed E-state index contributed by atoms with van der Waals surface area (Å²) in [5.74, 6) is -0.0216. The Morgan fingerprint density at radius 1 is 1.33 bits per heavy atom. The summed E-state index contributed by atoms with van der Waals surface area (Å²) >= 11 is 5.30. The van der Waals surface area contributed by atoms with Crippen molar-refractivity contribution >= 4 is 46.7 Å². The lowest BCUT2D eigenvalue weighted by molar-refractivity contribution is -0.119. The van der Waals surface area contributed by atoms with Gasteiger partial charge in [-0.25, -0.2) is 0 Å². The second-order valence-electron chi connectivity index (χ2n) is 7.68. The highest BCUT2D eigenvalue weighted by Gasteiger charge is 2.34. The third-order valence-electron chi connectivity index (χ3n) is 4.67. The summed E-state index contributed by atoms with van der Waals surface area (Å²) in [6.45, 7) is 13.8. The number of aliphatic imine (C=N–C) groups is 1. The molecule has 1 N–H and O–H groups in total. The zero-order valence-electron chi connectivity index (χ0n) is 15.8. The molecule has 0 aliphatic rings. The largest absolute Gasteiger partial charge is 0.352 e. The van der Waals surface area contributed by atoms with E-state index in [1.54, 1.807) is 11.8 Å². The van der Waals surface area contributed by atoms with Crippen LogP contribution in [-0.4, -0.2) is 31.4 Å². The summed E-state index contributed by atoms with van der Waals surface area (Å²) in [7, 11) is -1.43. The molecule has 6 heteroatoms. The molecule has 24 heavy (non-hydrogen) atoms. The zero-order chi connectivity index (χ0) is 18.5. The molecule has 3 nitrogen and oxygen atoms in total. The lowest BCUT2D eigenvalue weighted by atomic mass is 10.1. The summed E-state index contributed by atoms with van der Waals surface area (Å²) in [6, 6.07) is 6.23. The van der Waals surface area contributed by atoms with Crippen LogP contribution >= 0.6 is 27.7 Å². The quantitative estimate of drug-likeness (QED) is 0.395. The number of nitrogens with zero attached hydrogens (tertiary/aromatic N) is 1. The second-order valence-corrected chi connectivity index (χ2v) is 14.9. The van der Waals surface area contributed by atoms with Crippen LogP contribution in [0, 0.1) is 0 Å². The van der Waals surface area contributed by atoms with Crippen LogP contribution in [0.2, 0.25) is 18.1 Å². The highest BCUT2D eigenvalue weighted by atomic mass is 79.9. The van der Waals surface area contributed by atoms with Crippen LogP contribution in [0.1, 0.15) is 38.8 Å². The minimum Gasteiger partial charge on any atom is -0.352 e. The van der Waals surface area contributed by atoms with Gasteiger partial charge in [0.25, 0.3) is 0 Å². The topological polar surface area (TPSA) is 41.5 Å². The average molecular weight is 430 g/mol. The Labute approximate surface area is 160 Å². The summed E-state index contributed by atoms with van der Waals surface area (Å²) < 4.78 is 1.00. The molecule has 0 spiro atoms. The number of thioether (sulfide) groups is 1. The van der Waals surface area contributed by atoms with E-state index in [0.717, 1.165) is 26.8 Å². The van der Waals surface area contributed by atoms with Crippen molar-refractivity contribution in [1.82, 2.24) is 5.32 Å². The van der Waals surface area contributed by atoms with Gasteiger partial charge in [0.2, 0.25) is 5.91 Å². The molecule has 1 aromatic rings. The van der Waals surface area contributed by atoms with Crippen LogP contribution in [0.5, 0.6) is 0 Å². The van der Waals surface area contributed by atoms with Gasteiger partial charge in [0.1, 0.15) is 0 Å². The molecule has 0 saturated heterocycles. The second kappa shape index (κ2) is 8.67. The smallest absolute Gasteiger partial charge is 0.217 e. The Bertz CT molecular complexity index is 624. The van der Waals surface area contributed by atoms with E-state index in [2.05, 4.69) is 73.5 Å². The number of halogens is 1. The van der Waals surface area contributed by atoms with Gasteiger partial charge in [0.15, 0.2) is 0 Å². The Balaban J connectivity index is 2.98. The maximum absolute atomic E-state index is 11.1. The van der Waals surface area contributed by atoms with Crippen LogP contribution < -0.4 is 5.32 Å². The van der Waals surface area contributed by atoms with Gasteiger partial charge in [0.05, 0.1) is 13.1 Å². The van der Waals surface area contributed by atoms with Crippen molar-refractivity contribution in [3.05, 3.63) is 33.8 Å². The summed E-state index contributed by atoms with van der Waals surface area (Å²) in [4.78, 5) is 16.0. The number of benzene rings is 1. The summed E-state index contributed by atoms with van der Waals surface area (Å²) in [5.41, 5.74) is 2.19. The predicted molar refractivity (Wildman–Crippen MR) is 114 cm³/mol. The lowest BCUT2D eigenvalue weighted by Gasteiger charge is -2.35. The average Bonchev–Trinajstić information content (AvgIpc) is 2.45. The van der Waals surface area contributed by atoms with E-state index < -0.39 is 8.07 Å². The van der Waals surface area contributed by atoms with Gasteiger partial charge in [-0.05, 0) is 22.9 Å². The number of carbonyl (C=O) groups excluding carboxylic acids is 1. The maximum Gasteiger partial charge on any atom is 0.217 e. The Hall–Kier alpha value is -0.593. The van der Waals surface area contributed by atoms with Gasteiger partial charge >= 0.3 is 0 Å². The van der Waals surface area contributed by atoms with Crippen LogP contribution in [0.3, 0.4) is 0 Å². The number of amides is 1. The fraction of sp³-hybridized carbons (Fsp3) is 0.556. The van der Waals surface area contributed by atoms with Crippen molar-refractivity contribution in [1.29, 1.82) is 0 Å². The molecule has 1 rings (SSSR count). The van der Waals surface area contributed by atoms with Crippen LogP contribution in [-0.2, 0) is 11.3 Å². The predicted octanol–water partition coefficient (Wildman–Crippen LogP) is 5.24.